The van der Waals surface area contributed by atoms with Gasteiger partial charge >= 0.3 is 5.97 Å². The highest BCUT2D eigenvalue weighted by Gasteiger charge is 2.17. The Morgan fingerprint density at radius 3 is 2.62 bits per heavy atom. The third-order valence-electron chi connectivity index (χ3n) is 1.60. The molecule has 1 heterocycles. The van der Waals surface area contributed by atoms with Crippen molar-refractivity contribution in [2.24, 2.45) is 0 Å². The molecule has 13 heavy (non-hydrogen) atoms. The van der Waals surface area contributed by atoms with Gasteiger partial charge in [0.25, 0.3) is 0 Å². The molecule has 0 aliphatic rings. The lowest BCUT2D eigenvalue weighted by Gasteiger charge is -1.96. The first-order chi connectivity index (χ1) is 6.06. The summed E-state index contributed by atoms with van der Waals surface area (Å²) in [6, 6.07) is 0. The van der Waals surface area contributed by atoms with Crippen molar-refractivity contribution in [3.05, 3.63) is 16.1 Å². The second-order valence-corrected chi connectivity index (χ2v) is 3.72. The van der Waals surface area contributed by atoms with Crippen molar-refractivity contribution in [1.82, 2.24) is 9.97 Å². The summed E-state index contributed by atoms with van der Waals surface area (Å²) in [4.78, 5) is 18.2. The maximum atomic E-state index is 11.1. The number of H-pyrrole nitrogens is 1. The number of carbonyl (C=O) groups excluding carboxylic acids is 1. The normalized spacial score (nSPS) is 10.5. The van der Waals surface area contributed by atoms with Crippen LogP contribution in [0.3, 0.4) is 0 Å². The molecule has 0 atom stereocenters. The van der Waals surface area contributed by atoms with Crippen molar-refractivity contribution < 1.29 is 9.53 Å². The van der Waals surface area contributed by atoms with Gasteiger partial charge in [0.15, 0.2) is 5.69 Å². The van der Waals surface area contributed by atoms with Crippen LogP contribution in [-0.2, 0) is 4.74 Å². The van der Waals surface area contributed by atoms with E-state index in [-0.39, 0.29) is 5.92 Å². The first-order valence-electron chi connectivity index (χ1n) is 3.90. The molecule has 4 nitrogen and oxygen atoms in total. The number of carbonyl (C=O) groups is 1. The first-order valence-corrected chi connectivity index (χ1v) is 4.69. The number of aromatic amines is 1. The van der Waals surface area contributed by atoms with E-state index in [9.17, 15) is 4.79 Å². The van der Waals surface area contributed by atoms with Gasteiger partial charge in [-0.05, 0) is 15.9 Å². The van der Waals surface area contributed by atoms with E-state index in [1.807, 2.05) is 13.8 Å². The topological polar surface area (TPSA) is 55.0 Å². The van der Waals surface area contributed by atoms with E-state index in [4.69, 9.17) is 0 Å². The highest BCUT2D eigenvalue weighted by Crippen LogP contribution is 2.18. The standard InChI is InChI=1S/C8H11BrN2O2/c1-4(2)7-10-5(6(9)11-7)8(12)13-3/h4H,1-3H3,(H,10,11). The Bertz CT molecular complexity index is 320. The molecule has 0 fully saturated rings. The third-order valence-corrected chi connectivity index (χ3v) is 2.18. The van der Waals surface area contributed by atoms with Gasteiger partial charge in [0.1, 0.15) is 10.4 Å². The van der Waals surface area contributed by atoms with Gasteiger partial charge in [0, 0.05) is 5.92 Å². The predicted molar refractivity (Wildman–Crippen MR) is 51.7 cm³/mol. The van der Waals surface area contributed by atoms with Crippen molar-refractivity contribution in [1.29, 1.82) is 0 Å². The molecule has 0 aliphatic carbocycles. The second-order valence-electron chi connectivity index (χ2n) is 2.93. The van der Waals surface area contributed by atoms with E-state index < -0.39 is 5.97 Å². The Morgan fingerprint density at radius 1 is 1.62 bits per heavy atom. The summed E-state index contributed by atoms with van der Waals surface area (Å²) in [6.45, 7) is 3.98. The number of nitrogens with zero attached hydrogens (tertiary/aromatic N) is 1. The Morgan fingerprint density at radius 2 is 2.23 bits per heavy atom. The number of methoxy groups -OCH3 is 1. The number of esters is 1. The van der Waals surface area contributed by atoms with Gasteiger partial charge < -0.3 is 9.72 Å². The van der Waals surface area contributed by atoms with Gasteiger partial charge in [0.05, 0.1) is 7.11 Å². The Kier molecular flexibility index (Phi) is 3.08. The molecule has 5 heteroatoms. The smallest absolute Gasteiger partial charge is 0.359 e. The van der Waals surface area contributed by atoms with Crippen LogP contribution in [0.4, 0.5) is 0 Å². The summed E-state index contributed by atoms with van der Waals surface area (Å²) in [5.41, 5.74) is 0.297. The van der Waals surface area contributed by atoms with Crippen LogP contribution in [0.5, 0.6) is 0 Å². The summed E-state index contributed by atoms with van der Waals surface area (Å²) < 4.78 is 5.13. The minimum absolute atomic E-state index is 0.259. The van der Waals surface area contributed by atoms with E-state index in [0.29, 0.717) is 10.3 Å². The lowest BCUT2D eigenvalue weighted by Crippen LogP contribution is -2.02. The van der Waals surface area contributed by atoms with Crippen LogP contribution in [-0.4, -0.2) is 23.0 Å². The predicted octanol–water partition coefficient (Wildman–Crippen LogP) is 2.08. The van der Waals surface area contributed by atoms with Crippen LogP contribution in [0.1, 0.15) is 36.1 Å². The fourth-order valence-electron chi connectivity index (χ4n) is 0.874. The lowest BCUT2D eigenvalue weighted by atomic mass is 10.2. The molecule has 0 saturated carbocycles. The average molecular weight is 247 g/mol. The van der Waals surface area contributed by atoms with Crippen LogP contribution >= 0.6 is 15.9 Å². The number of rotatable bonds is 2. The van der Waals surface area contributed by atoms with Gasteiger partial charge in [-0.2, -0.15) is 0 Å². The number of hydrogen-bond donors (Lipinski definition) is 1. The molecular weight excluding hydrogens is 236 g/mol. The number of halogens is 1. The molecule has 1 aromatic rings. The number of hydrogen-bond acceptors (Lipinski definition) is 3. The monoisotopic (exact) mass is 246 g/mol. The molecule has 72 valence electrons. The molecule has 0 spiro atoms. The van der Waals surface area contributed by atoms with Crippen molar-refractivity contribution >= 4 is 21.9 Å². The fourth-order valence-corrected chi connectivity index (χ4v) is 1.33. The largest absolute Gasteiger partial charge is 0.464 e. The van der Waals surface area contributed by atoms with Crippen LogP contribution in [0.15, 0.2) is 4.60 Å². The van der Waals surface area contributed by atoms with Crippen molar-refractivity contribution in [3.8, 4) is 0 Å². The third kappa shape index (κ3) is 2.09. The molecule has 0 saturated heterocycles. The van der Waals surface area contributed by atoms with E-state index in [1.54, 1.807) is 0 Å². The van der Waals surface area contributed by atoms with E-state index in [2.05, 4.69) is 30.6 Å². The summed E-state index contributed by atoms with van der Waals surface area (Å²) in [6.07, 6.45) is 0. The van der Waals surface area contributed by atoms with Crippen LogP contribution in [0.2, 0.25) is 0 Å². The molecule has 0 bridgehead atoms. The minimum Gasteiger partial charge on any atom is -0.464 e. The molecule has 1 N–H and O–H groups in total. The van der Waals surface area contributed by atoms with Crippen molar-refractivity contribution in [3.63, 3.8) is 0 Å². The molecule has 0 amide bonds. The van der Waals surface area contributed by atoms with Crippen molar-refractivity contribution in [2.45, 2.75) is 19.8 Å². The van der Waals surface area contributed by atoms with Gasteiger partial charge in [-0.3, -0.25) is 0 Å². The van der Waals surface area contributed by atoms with E-state index in [1.165, 1.54) is 7.11 Å². The van der Waals surface area contributed by atoms with Crippen molar-refractivity contribution in [2.75, 3.05) is 7.11 Å². The molecule has 1 rings (SSSR count). The van der Waals surface area contributed by atoms with Gasteiger partial charge in [0.2, 0.25) is 0 Å². The maximum Gasteiger partial charge on any atom is 0.359 e. The zero-order valence-corrected chi connectivity index (χ0v) is 9.31. The highest BCUT2D eigenvalue weighted by molar-refractivity contribution is 9.10. The van der Waals surface area contributed by atoms with E-state index >= 15 is 0 Å². The molecule has 0 aliphatic heterocycles. The Balaban J connectivity index is 3.03. The quantitative estimate of drug-likeness (QED) is 0.814. The molecule has 1 aromatic heterocycles. The SMILES string of the molecule is COC(=O)c1nc(C(C)C)[nH]c1Br. The van der Waals surface area contributed by atoms with Gasteiger partial charge in [-0.1, -0.05) is 13.8 Å². The lowest BCUT2D eigenvalue weighted by molar-refractivity contribution is 0.0593. The molecule has 0 unspecified atom stereocenters. The Hall–Kier alpha value is -0.840. The maximum absolute atomic E-state index is 11.1. The number of aromatic nitrogens is 2. The molecule has 0 radical (unpaired) electrons. The van der Waals surface area contributed by atoms with Crippen LogP contribution < -0.4 is 0 Å². The van der Waals surface area contributed by atoms with Gasteiger partial charge in [-0.15, -0.1) is 0 Å². The van der Waals surface area contributed by atoms with Gasteiger partial charge in [-0.25, -0.2) is 9.78 Å². The fraction of sp³-hybridized carbons (Fsp3) is 0.500. The van der Waals surface area contributed by atoms with E-state index in [0.717, 1.165) is 5.82 Å². The summed E-state index contributed by atoms with van der Waals surface area (Å²) in [5.74, 6) is 0.594. The number of ether oxygens (including phenoxy) is 1. The van der Waals surface area contributed by atoms with Crippen LogP contribution in [0.25, 0.3) is 0 Å². The average Bonchev–Trinajstić information content (AvgIpc) is 2.46. The minimum atomic E-state index is -0.435. The summed E-state index contributed by atoms with van der Waals surface area (Å²) in [7, 11) is 1.33. The second kappa shape index (κ2) is 3.91. The zero-order chi connectivity index (χ0) is 10.0. The van der Waals surface area contributed by atoms with Crippen LogP contribution in [0, 0.1) is 0 Å². The number of imidazole rings is 1. The molecule has 0 aromatic carbocycles. The first kappa shape index (κ1) is 10.2. The Labute approximate surface area is 84.8 Å². The summed E-state index contributed by atoms with van der Waals surface area (Å²) in [5, 5.41) is 0. The summed E-state index contributed by atoms with van der Waals surface area (Å²) >= 11 is 3.21. The number of nitrogens with one attached hydrogen (secondary N) is 1. The molecular formula is C8H11BrN2O2. The highest BCUT2D eigenvalue weighted by atomic mass is 79.9. The zero-order valence-electron chi connectivity index (χ0n) is 7.72.